The molecule has 1 unspecified atom stereocenters. The highest BCUT2D eigenvalue weighted by Crippen LogP contribution is 2.22. The van der Waals surface area contributed by atoms with Crippen molar-refractivity contribution in [1.29, 1.82) is 0 Å². The van der Waals surface area contributed by atoms with Crippen LogP contribution in [0.4, 0.5) is 0 Å². The Bertz CT molecular complexity index is 662. The van der Waals surface area contributed by atoms with E-state index in [0.717, 1.165) is 22.0 Å². The van der Waals surface area contributed by atoms with Crippen LogP contribution in [0.5, 0.6) is 0 Å². The van der Waals surface area contributed by atoms with E-state index in [2.05, 4.69) is 29.2 Å². The van der Waals surface area contributed by atoms with E-state index in [1.165, 1.54) is 0 Å². The van der Waals surface area contributed by atoms with Crippen LogP contribution in [0, 0.1) is 0 Å². The van der Waals surface area contributed by atoms with Gasteiger partial charge in [-0.15, -0.1) is 0 Å². The molecule has 0 aliphatic rings. The van der Waals surface area contributed by atoms with Crippen molar-refractivity contribution < 1.29 is 0 Å². The number of fused-ring (bicyclic) bond motifs is 1. The van der Waals surface area contributed by atoms with Crippen LogP contribution in [-0.4, -0.2) is 4.98 Å². The molecule has 1 aromatic heterocycles. The van der Waals surface area contributed by atoms with Gasteiger partial charge < -0.3 is 5.73 Å². The third kappa shape index (κ3) is 1.98. The Hall–Kier alpha value is -2.19. The fourth-order valence-corrected chi connectivity index (χ4v) is 2.14. The van der Waals surface area contributed by atoms with E-state index in [1.807, 2.05) is 36.4 Å². The molecule has 0 radical (unpaired) electrons. The number of hydrogen-bond acceptors (Lipinski definition) is 2. The van der Waals surface area contributed by atoms with Crippen LogP contribution < -0.4 is 5.73 Å². The minimum atomic E-state index is -0.0872. The van der Waals surface area contributed by atoms with Gasteiger partial charge >= 0.3 is 0 Å². The maximum absolute atomic E-state index is 6.29. The third-order valence-electron chi connectivity index (χ3n) is 3.14. The first-order valence-electron chi connectivity index (χ1n) is 6.00. The van der Waals surface area contributed by atoms with Gasteiger partial charge in [-0.25, -0.2) is 0 Å². The van der Waals surface area contributed by atoms with Gasteiger partial charge in [-0.05, 0) is 29.3 Å². The fraction of sp³-hybridized carbons (Fsp3) is 0.0625. The van der Waals surface area contributed by atoms with Crippen molar-refractivity contribution in [1.82, 2.24) is 4.98 Å². The fourth-order valence-electron chi connectivity index (χ4n) is 2.14. The minimum absolute atomic E-state index is 0.0872. The molecule has 0 bridgehead atoms. The maximum Gasteiger partial charge on any atom is 0.0702 e. The molecule has 2 nitrogen and oxygen atoms in total. The lowest BCUT2D eigenvalue weighted by atomic mass is 9.98. The van der Waals surface area contributed by atoms with Gasteiger partial charge in [-0.1, -0.05) is 42.5 Å². The summed E-state index contributed by atoms with van der Waals surface area (Å²) in [5, 5.41) is 1.13. The molecule has 1 heterocycles. The molecular weight excluding hydrogens is 220 g/mol. The smallest absolute Gasteiger partial charge is 0.0702 e. The SMILES string of the molecule is NC(c1ccccc1)c1ccc2ncccc2c1. The number of rotatable bonds is 2. The van der Waals surface area contributed by atoms with Crippen LogP contribution in [0.1, 0.15) is 17.2 Å². The second-order valence-electron chi connectivity index (χ2n) is 4.34. The van der Waals surface area contributed by atoms with Gasteiger partial charge in [0.05, 0.1) is 11.6 Å². The summed E-state index contributed by atoms with van der Waals surface area (Å²) >= 11 is 0. The summed E-state index contributed by atoms with van der Waals surface area (Å²) in [5.74, 6) is 0. The van der Waals surface area contributed by atoms with E-state index < -0.39 is 0 Å². The van der Waals surface area contributed by atoms with E-state index in [0.29, 0.717) is 0 Å². The molecule has 0 spiro atoms. The number of hydrogen-bond donors (Lipinski definition) is 1. The second kappa shape index (κ2) is 4.59. The summed E-state index contributed by atoms with van der Waals surface area (Å²) in [5.41, 5.74) is 9.53. The molecule has 0 aliphatic heterocycles. The van der Waals surface area contributed by atoms with E-state index in [1.54, 1.807) is 6.20 Å². The van der Waals surface area contributed by atoms with Gasteiger partial charge in [0.15, 0.2) is 0 Å². The average Bonchev–Trinajstić information content (AvgIpc) is 2.47. The molecule has 0 fully saturated rings. The van der Waals surface area contributed by atoms with E-state index in [9.17, 15) is 0 Å². The van der Waals surface area contributed by atoms with Crippen LogP contribution in [0.15, 0.2) is 66.9 Å². The summed E-state index contributed by atoms with van der Waals surface area (Å²) in [4.78, 5) is 4.31. The van der Waals surface area contributed by atoms with Crippen LogP contribution >= 0.6 is 0 Å². The molecule has 18 heavy (non-hydrogen) atoms. The van der Waals surface area contributed by atoms with Crippen molar-refractivity contribution in [3.63, 3.8) is 0 Å². The molecule has 2 aromatic carbocycles. The van der Waals surface area contributed by atoms with Crippen molar-refractivity contribution >= 4 is 10.9 Å². The van der Waals surface area contributed by atoms with Gasteiger partial charge in [0.25, 0.3) is 0 Å². The minimum Gasteiger partial charge on any atom is -0.320 e. The van der Waals surface area contributed by atoms with E-state index >= 15 is 0 Å². The topological polar surface area (TPSA) is 38.9 Å². The molecule has 3 rings (SSSR count). The first-order chi connectivity index (χ1) is 8.84. The van der Waals surface area contributed by atoms with Crippen molar-refractivity contribution in [2.45, 2.75) is 6.04 Å². The summed E-state index contributed by atoms with van der Waals surface area (Å²) < 4.78 is 0. The standard InChI is InChI=1S/C16H14N2/c17-16(12-5-2-1-3-6-12)14-8-9-15-13(11-14)7-4-10-18-15/h1-11,16H,17H2. The van der Waals surface area contributed by atoms with Gasteiger partial charge in [-0.2, -0.15) is 0 Å². The maximum atomic E-state index is 6.29. The zero-order valence-electron chi connectivity index (χ0n) is 9.95. The zero-order chi connectivity index (χ0) is 12.4. The van der Waals surface area contributed by atoms with Crippen LogP contribution in [-0.2, 0) is 0 Å². The van der Waals surface area contributed by atoms with Crippen molar-refractivity contribution in [3.8, 4) is 0 Å². The van der Waals surface area contributed by atoms with E-state index in [4.69, 9.17) is 5.73 Å². The van der Waals surface area contributed by atoms with Crippen molar-refractivity contribution in [3.05, 3.63) is 78.0 Å². The quantitative estimate of drug-likeness (QED) is 0.739. The highest BCUT2D eigenvalue weighted by molar-refractivity contribution is 5.79. The lowest BCUT2D eigenvalue weighted by Gasteiger charge is -2.13. The number of nitrogens with two attached hydrogens (primary N) is 1. The van der Waals surface area contributed by atoms with Gasteiger partial charge in [0.2, 0.25) is 0 Å². The molecule has 2 heteroatoms. The summed E-state index contributed by atoms with van der Waals surface area (Å²) in [6.45, 7) is 0. The average molecular weight is 234 g/mol. The first-order valence-corrected chi connectivity index (χ1v) is 6.00. The van der Waals surface area contributed by atoms with Crippen molar-refractivity contribution in [2.24, 2.45) is 5.73 Å². The number of pyridine rings is 1. The number of nitrogens with zero attached hydrogens (tertiary/aromatic N) is 1. The molecule has 0 amide bonds. The first kappa shape index (κ1) is 10.9. The molecule has 0 aliphatic carbocycles. The van der Waals surface area contributed by atoms with Crippen molar-refractivity contribution in [2.75, 3.05) is 0 Å². The molecule has 1 atom stereocenters. The predicted octanol–water partition coefficient (Wildman–Crippen LogP) is 3.28. The third-order valence-corrected chi connectivity index (χ3v) is 3.14. The lowest BCUT2D eigenvalue weighted by Crippen LogP contribution is -2.11. The Kier molecular flexibility index (Phi) is 2.79. The molecule has 2 N–H and O–H groups in total. The Morgan fingerprint density at radius 2 is 1.67 bits per heavy atom. The van der Waals surface area contributed by atoms with Gasteiger partial charge in [-0.3, -0.25) is 4.98 Å². The Morgan fingerprint density at radius 3 is 2.50 bits per heavy atom. The summed E-state index contributed by atoms with van der Waals surface area (Å²) in [6.07, 6.45) is 1.80. The number of benzene rings is 2. The second-order valence-corrected chi connectivity index (χ2v) is 4.34. The summed E-state index contributed by atoms with van der Waals surface area (Å²) in [7, 11) is 0. The monoisotopic (exact) mass is 234 g/mol. The highest BCUT2D eigenvalue weighted by atomic mass is 14.7. The Morgan fingerprint density at radius 1 is 0.833 bits per heavy atom. The Balaban J connectivity index is 2.04. The van der Waals surface area contributed by atoms with E-state index in [-0.39, 0.29) is 6.04 Å². The lowest BCUT2D eigenvalue weighted by molar-refractivity contribution is 0.873. The Labute approximate surface area is 106 Å². The highest BCUT2D eigenvalue weighted by Gasteiger charge is 2.08. The van der Waals surface area contributed by atoms with Crippen LogP contribution in [0.25, 0.3) is 10.9 Å². The number of aromatic nitrogens is 1. The molecule has 88 valence electrons. The van der Waals surface area contributed by atoms with Crippen LogP contribution in [0.3, 0.4) is 0 Å². The predicted molar refractivity (Wildman–Crippen MR) is 74.2 cm³/mol. The van der Waals surface area contributed by atoms with Gasteiger partial charge in [0, 0.05) is 11.6 Å². The molecule has 0 saturated heterocycles. The van der Waals surface area contributed by atoms with Crippen LogP contribution in [0.2, 0.25) is 0 Å². The molecule has 3 aromatic rings. The molecule has 0 saturated carbocycles. The summed E-state index contributed by atoms with van der Waals surface area (Å²) in [6, 6.07) is 20.2. The van der Waals surface area contributed by atoms with Gasteiger partial charge in [0.1, 0.15) is 0 Å². The largest absolute Gasteiger partial charge is 0.320 e. The molecular formula is C16H14N2. The normalized spacial score (nSPS) is 12.5. The zero-order valence-corrected chi connectivity index (χ0v) is 9.95.